The van der Waals surface area contributed by atoms with Crippen molar-refractivity contribution in [1.82, 2.24) is 0 Å². The number of carboxylic acid groups (broad SMARTS) is 1. The fraction of sp³-hybridized carbons (Fsp3) is 0.0714. The van der Waals surface area contributed by atoms with E-state index in [9.17, 15) is 15.0 Å². The van der Waals surface area contributed by atoms with E-state index in [0.717, 1.165) is 16.7 Å². The van der Waals surface area contributed by atoms with Gasteiger partial charge in [-0.05, 0) is 46.9 Å². The van der Waals surface area contributed by atoms with Crippen molar-refractivity contribution in [3.8, 4) is 16.9 Å². The average Bonchev–Trinajstić information content (AvgIpc) is 2.64. The summed E-state index contributed by atoms with van der Waals surface area (Å²) >= 11 is 5.93. The Balaban J connectivity index is 2.28. The normalized spacial score (nSPS) is 12.1. The molecule has 3 nitrogen and oxygen atoms in total. The van der Waals surface area contributed by atoms with Crippen LogP contribution in [0.1, 0.15) is 21.5 Å². The van der Waals surface area contributed by atoms with Crippen molar-refractivity contribution in [2.45, 2.75) is 6.42 Å². The van der Waals surface area contributed by atoms with Crippen molar-refractivity contribution >= 4 is 17.6 Å². The number of aromatic hydroxyl groups is 1. The lowest BCUT2D eigenvalue weighted by molar-refractivity contribution is 0.0693. The number of hydrogen-bond donors (Lipinski definition) is 2. The maximum absolute atomic E-state index is 11.2. The predicted octanol–water partition coefficient (Wildman–Crippen LogP) is 3.32. The third-order valence-corrected chi connectivity index (χ3v) is 3.46. The maximum Gasteiger partial charge on any atom is 0.339 e. The molecular formula is C14H9ClO3. The van der Waals surface area contributed by atoms with Gasteiger partial charge in [0.1, 0.15) is 11.3 Å². The Morgan fingerprint density at radius 1 is 1.17 bits per heavy atom. The Morgan fingerprint density at radius 3 is 2.61 bits per heavy atom. The van der Waals surface area contributed by atoms with Crippen LogP contribution in [0.15, 0.2) is 30.3 Å². The van der Waals surface area contributed by atoms with Gasteiger partial charge in [0, 0.05) is 5.02 Å². The number of benzene rings is 2. The van der Waals surface area contributed by atoms with Crippen LogP contribution in [0, 0.1) is 0 Å². The highest BCUT2D eigenvalue weighted by molar-refractivity contribution is 6.30. The standard InChI is InChI=1S/C14H9ClO3/c15-8-1-2-9-7(5-8)6-11-10(9)3-4-12(16)13(11)14(17)18/h1-5,16H,6H2,(H,17,18). The topological polar surface area (TPSA) is 57.5 Å². The molecular weight excluding hydrogens is 252 g/mol. The predicted molar refractivity (Wildman–Crippen MR) is 68.3 cm³/mol. The molecule has 0 aromatic heterocycles. The highest BCUT2D eigenvalue weighted by Crippen LogP contribution is 2.41. The van der Waals surface area contributed by atoms with Crippen LogP contribution >= 0.6 is 11.6 Å². The molecule has 0 spiro atoms. The van der Waals surface area contributed by atoms with E-state index in [1.807, 2.05) is 12.1 Å². The Morgan fingerprint density at radius 2 is 1.89 bits per heavy atom. The zero-order valence-electron chi connectivity index (χ0n) is 9.27. The minimum atomic E-state index is -1.11. The van der Waals surface area contributed by atoms with Gasteiger partial charge in [-0.1, -0.05) is 23.7 Å². The highest BCUT2D eigenvalue weighted by Gasteiger charge is 2.26. The molecule has 0 saturated heterocycles. The van der Waals surface area contributed by atoms with E-state index in [0.29, 0.717) is 17.0 Å². The van der Waals surface area contributed by atoms with Crippen LogP contribution in [0.25, 0.3) is 11.1 Å². The third kappa shape index (κ3) is 1.48. The van der Waals surface area contributed by atoms with Crippen molar-refractivity contribution < 1.29 is 15.0 Å². The van der Waals surface area contributed by atoms with Gasteiger partial charge in [0.05, 0.1) is 0 Å². The van der Waals surface area contributed by atoms with E-state index in [-0.39, 0.29) is 11.3 Å². The van der Waals surface area contributed by atoms with Gasteiger partial charge in [-0.15, -0.1) is 0 Å². The van der Waals surface area contributed by atoms with Gasteiger partial charge in [-0.25, -0.2) is 4.79 Å². The monoisotopic (exact) mass is 260 g/mol. The second-order valence-corrected chi connectivity index (χ2v) is 4.71. The Hall–Kier alpha value is -2.00. The molecule has 1 aliphatic carbocycles. The first kappa shape index (κ1) is 11.1. The molecule has 0 unspecified atom stereocenters. The van der Waals surface area contributed by atoms with Crippen LogP contribution in [0.5, 0.6) is 5.75 Å². The van der Waals surface area contributed by atoms with E-state index in [4.69, 9.17) is 11.6 Å². The van der Waals surface area contributed by atoms with Crippen LogP contribution in [0.4, 0.5) is 0 Å². The minimum Gasteiger partial charge on any atom is -0.507 e. The molecule has 0 bridgehead atoms. The number of aromatic carboxylic acids is 1. The van der Waals surface area contributed by atoms with Crippen LogP contribution in [0.2, 0.25) is 5.02 Å². The van der Waals surface area contributed by atoms with Gasteiger partial charge in [-0.3, -0.25) is 0 Å². The van der Waals surface area contributed by atoms with Crippen LogP contribution < -0.4 is 0 Å². The molecule has 3 rings (SSSR count). The van der Waals surface area contributed by atoms with E-state index >= 15 is 0 Å². The van der Waals surface area contributed by atoms with Crippen molar-refractivity contribution in [3.05, 3.63) is 52.0 Å². The van der Waals surface area contributed by atoms with Crippen molar-refractivity contribution in [3.63, 3.8) is 0 Å². The molecule has 0 atom stereocenters. The zero-order valence-corrected chi connectivity index (χ0v) is 10.0. The summed E-state index contributed by atoms with van der Waals surface area (Å²) in [6.45, 7) is 0. The summed E-state index contributed by atoms with van der Waals surface area (Å²) < 4.78 is 0. The summed E-state index contributed by atoms with van der Waals surface area (Å²) in [4.78, 5) is 11.2. The summed E-state index contributed by atoms with van der Waals surface area (Å²) in [6, 6.07) is 8.66. The number of halogens is 1. The SMILES string of the molecule is O=C(O)c1c(O)ccc2c1Cc1cc(Cl)ccc1-2. The summed E-state index contributed by atoms with van der Waals surface area (Å²) in [7, 11) is 0. The Kier molecular flexibility index (Phi) is 2.31. The molecule has 0 amide bonds. The quantitative estimate of drug-likeness (QED) is 0.706. The van der Waals surface area contributed by atoms with Crippen LogP contribution in [-0.4, -0.2) is 16.2 Å². The van der Waals surface area contributed by atoms with E-state index in [1.165, 1.54) is 6.07 Å². The summed E-state index contributed by atoms with van der Waals surface area (Å²) in [6.07, 6.45) is 0.487. The Bertz CT molecular complexity index is 677. The van der Waals surface area contributed by atoms with Gasteiger partial charge in [0.2, 0.25) is 0 Å². The molecule has 1 aliphatic rings. The summed E-state index contributed by atoms with van der Waals surface area (Å²) in [5.74, 6) is -1.30. The fourth-order valence-electron chi connectivity index (χ4n) is 2.47. The largest absolute Gasteiger partial charge is 0.507 e. The molecule has 0 fully saturated rings. The number of carboxylic acids is 1. The second kappa shape index (κ2) is 3.75. The van der Waals surface area contributed by atoms with E-state index < -0.39 is 5.97 Å². The second-order valence-electron chi connectivity index (χ2n) is 4.27. The minimum absolute atomic E-state index is 0.0141. The van der Waals surface area contributed by atoms with Gasteiger partial charge < -0.3 is 10.2 Å². The van der Waals surface area contributed by atoms with Crippen LogP contribution in [-0.2, 0) is 6.42 Å². The van der Waals surface area contributed by atoms with E-state index in [2.05, 4.69) is 0 Å². The number of hydrogen-bond acceptors (Lipinski definition) is 2. The lowest BCUT2D eigenvalue weighted by Gasteiger charge is -2.06. The Labute approximate surface area is 108 Å². The molecule has 0 radical (unpaired) electrons. The average molecular weight is 261 g/mol. The molecule has 0 heterocycles. The van der Waals surface area contributed by atoms with E-state index in [1.54, 1.807) is 12.1 Å². The number of fused-ring (bicyclic) bond motifs is 3. The highest BCUT2D eigenvalue weighted by atomic mass is 35.5. The van der Waals surface area contributed by atoms with Crippen molar-refractivity contribution in [2.24, 2.45) is 0 Å². The van der Waals surface area contributed by atoms with Gasteiger partial charge >= 0.3 is 5.97 Å². The summed E-state index contributed by atoms with van der Waals surface area (Å²) in [5.41, 5.74) is 3.47. The molecule has 4 heteroatoms. The zero-order chi connectivity index (χ0) is 12.9. The molecule has 2 aromatic rings. The molecule has 0 aliphatic heterocycles. The first-order valence-corrected chi connectivity index (χ1v) is 5.82. The molecule has 90 valence electrons. The number of rotatable bonds is 1. The lowest BCUT2D eigenvalue weighted by atomic mass is 10.0. The number of phenols is 1. The van der Waals surface area contributed by atoms with Gasteiger partial charge in [0.15, 0.2) is 0 Å². The molecule has 0 saturated carbocycles. The van der Waals surface area contributed by atoms with Crippen molar-refractivity contribution in [1.29, 1.82) is 0 Å². The third-order valence-electron chi connectivity index (χ3n) is 3.23. The fourth-order valence-corrected chi connectivity index (χ4v) is 2.67. The lowest BCUT2D eigenvalue weighted by Crippen LogP contribution is -2.02. The molecule has 2 aromatic carbocycles. The van der Waals surface area contributed by atoms with Gasteiger partial charge in [0.25, 0.3) is 0 Å². The van der Waals surface area contributed by atoms with Gasteiger partial charge in [-0.2, -0.15) is 0 Å². The first-order chi connectivity index (χ1) is 8.58. The molecule has 2 N–H and O–H groups in total. The maximum atomic E-state index is 11.2. The number of carbonyl (C=O) groups is 1. The smallest absolute Gasteiger partial charge is 0.339 e. The first-order valence-electron chi connectivity index (χ1n) is 5.45. The van der Waals surface area contributed by atoms with Crippen LogP contribution in [0.3, 0.4) is 0 Å². The molecule has 18 heavy (non-hydrogen) atoms. The summed E-state index contributed by atoms with van der Waals surface area (Å²) in [5, 5.41) is 19.5. The van der Waals surface area contributed by atoms with Crippen molar-refractivity contribution in [2.75, 3.05) is 0 Å².